The summed E-state index contributed by atoms with van der Waals surface area (Å²) in [6.07, 6.45) is 4.36. The molecule has 1 aliphatic rings. The van der Waals surface area contributed by atoms with Crippen LogP contribution >= 0.6 is 0 Å². The van der Waals surface area contributed by atoms with Gasteiger partial charge >= 0.3 is 5.97 Å². The van der Waals surface area contributed by atoms with E-state index in [2.05, 4.69) is 49.3 Å². The zero-order valence-electron chi connectivity index (χ0n) is 11.6. The molecule has 1 aromatic carbocycles. The number of hydrogen-bond donors (Lipinski definition) is 1. The number of carbonyl (C=O) groups is 1. The van der Waals surface area contributed by atoms with Gasteiger partial charge in [0.2, 0.25) is 0 Å². The summed E-state index contributed by atoms with van der Waals surface area (Å²) in [7, 11) is 4.12. The van der Waals surface area contributed by atoms with Crippen LogP contribution in [0.1, 0.15) is 30.4 Å². The van der Waals surface area contributed by atoms with Gasteiger partial charge < -0.3 is 10.0 Å². The predicted octanol–water partition coefficient (Wildman–Crippen LogP) is 3.02. The van der Waals surface area contributed by atoms with Gasteiger partial charge in [-0.3, -0.25) is 4.79 Å². The third-order valence-corrected chi connectivity index (χ3v) is 3.58. The average molecular weight is 259 g/mol. The van der Waals surface area contributed by atoms with E-state index in [4.69, 9.17) is 5.11 Å². The quantitative estimate of drug-likeness (QED) is 0.903. The van der Waals surface area contributed by atoms with Crippen molar-refractivity contribution in [2.24, 2.45) is 5.92 Å². The Morgan fingerprint density at radius 1 is 1.32 bits per heavy atom. The van der Waals surface area contributed by atoms with Crippen LogP contribution in [0.3, 0.4) is 0 Å². The molecule has 0 spiro atoms. The molecule has 1 unspecified atom stereocenters. The number of aliphatic carboxylic acids is 1. The SMILES string of the molecule is CN(C)Cc1ccc(C2=CCC(C(=O)O)CC2)cc1. The van der Waals surface area contributed by atoms with E-state index in [1.807, 2.05) is 0 Å². The van der Waals surface area contributed by atoms with Gasteiger partial charge in [-0.15, -0.1) is 0 Å². The van der Waals surface area contributed by atoms with Crippen LogP contribution in [0.2, 0.25) is 0 Å². The van der Waals surface area contributed by atoms with Gasteiger partial charge in [-0.1, -0.05) is 30.3 Å². The molecule has 1 atom stereocenters. The number of carboxylic acid groups (broad SMARTS) is 1. The van der Waals surface area contributed by atoms with Gasteiger partial charge in [-0.2, -0.15) is 0 Å². The fourth-order valence-corrected chi connectivity index (χ4v) is 2.51. The Balaban J connectivity index is 2.05. The van der Waals surface area contributed by atoms with Crippen LogP contribution in [0.5, 0.6) is 0 Å². The molecule has 0 saturated heterocycles. The molecule has 1 aromatic rings. The highest BCUT2D eigenvalue weighted by Gasteiger charge is 2.20. The standard InChI is InChI=1S/C16H21NO2/c1-17(2)11-12-3-5-13(6-4-12)14-7-9-15(10-8-14)16(18)19/h3-7,15H,8-11H2,1-2H3,(H,18,19). The lowest BCUT2D eigenvalue weighted by Gasteiger charge is -2.19. The second kappa shape index (κ2) is 6.02. The number of rotatable bonds is 4. The van der Waals surface area contributed by atoms with Crippen molar-refractivity contribution in [2.45, 2.75) is 25.8 Å². The Labute approximate surface area is 114 Å². The van der Waals surface area contributed by atoms with Crippen molar-refractivity contribution in [3.05, 3.63) is 41.5 Å². The molecule has 2 rings (SSSR count). The summed E-state index contributed by atoms with van der Waals surface area (Å²) in [5, 5.41) is 8.98. The average Bonchev–Trinajstić information content (AvgIpc) is 2.39. The Morgan fingerprint density at radius 3 is 2.47 bits per heavy atom. The number of carboxylic acids is 1. The van der Waals surface area contributed by atoms with Gasteiger partial charge in [-0.25, -0.2) is 0 Å². The minimum absolute atomic E-state index is 0.197. The second-order valence-electron chi connectivity index (χ2n) is 5.47. The molecule has 0 aliphatic heterocycles. The molecular weight excluding hydrogens is 238 g/mol. The van der Waals surface area contributed by atoms with Gasteiger partial charge in [-0.05, 0) is 50.1 Å². The molecule has 0 aromatic heterocycles. The summed E-state index contributed by atoms with van der Waals surface area (Å²) < 4.78 is 0. The fraction of sp³-hybridized carbons (Fsp3) is 0.438. The van der Waals surface area contributed by atoms with E-state index in [1.165, 1.54) is 16.7 Å². The zero-order valence-corrected chi connectivity index (χ0v) is 11.6. The van der Waals surface area contributed by atoms with Gasteiger partial charge in [0.25, 0.3) is 0 Å². The highest BCUT2D eigenvalue weighted by Crippen LogP contribution is 2.30. The van der Waals surface area contributed by atoms with E-state index in [-0.39, 0.29) is 5.92 Å². The summed E-state index contributed by atoms with van der Waals surface area (Å²) in [6.45, 7) is 0.945. The lowest BCUT2D eigenvalue weighted by atomic mass is 9.86. The number of benzene rings is 1. The van der Waals surface area contributed by atoms with Crippen LogP contribution in [-0.2, 0) is 11.3 Å². The van der Waals surface area contributed by atoms with Crippen LogP contribution in [0.15, 0.2) is 30.3 Å². The topological polar surface area (TPSA) is 40.5 Å². The highest BCUT2D eigenvalue weighted by molar-refractivity contribution is 5.74. The van der Waals surface area contributed by atoms with Gasteiger partial charge in [0.05, 0.1) is 5.92 Å². The third-order valence-electron chi connectivity index (χ3n) is 3.58. The first-order valence-corrected chi connectivity index (χ1v) is 6.72. The minimum Gasteiger partial charge on any atom is -0.481 e. The van der Waals surface area contributed by atoms with E-state index < -0.39 is 5.97 Å². The van der Waals surface area contributed by atoms with E-state index in [0.717, 1.165) is 19.4 Å². The lowest BCUT2D eigenvalue weighted by molar-refractivity contribution is -0.141. The molecule has 0 fully saturated rings. The normalized spacial score (nSPS) is 19.3. The first-order valence-electron chi connectivity index (χ1n) is 6.72. The van der Waals surface area contributed by atoms with E-state index in [0.29, 0.717) is 6.42 Å². The fourth-order valence-electron chi connectivity index (χ4n) is 2.51. The first kappa shape index (κ1) is 13.8. The van der Waals surface area contributed by atoms with Crippen molar-refractivity contribution in [3.8, 4) is 0 Å². The molecule has 0 bridgehead atoms. The number of nitrogens with zero attached hydrogens (tertiary/aromatic N) is 1. The van der Waals surface area contributed by atoms with Crippen LogP contribution in [0.4, 0.5) is 0 Å². The van der Waals surface area contributed by atoms with Crippen molar-refractivity contribution in [1.82, 2.24) is 4.90 Å². The van der Waals surface area contributed by atoms with E-state index in [1.54, 1.807) is 0 Å². The molecule has 3 heteroatoms. The van der Waals surface area contributed by atoms with E-state index >= 15 is 0 Å². The highest BCUT2D eigenvalue weighted by atomic mass is 16.4. The monoisotopic (exact) mass is 259 g/mol. The molecule has 102 valence electrons. The molecule has 0 heterocycles. The summed E-state index contributed by atoms with van der Waals surface area (Å²) in [5.41, 5.74) is 3.81. The van der Waals surface area contributed by atoms with Crippen LogP contribution in [-0.4, -0.2) is 30.1 Å². The smallest absolute Gasteiger partial charge is 0.306 e. The summed E-state index contributed by atoms with van der Waals surface area (Å²) in [6, 6.07) is 8.59. The maximum Gasteiger partial charge on any atom is 0.306 e. The molecule has 0 amide bonds. The summed E-state index contributed by atoms with van der Waals surface area (Å²) >= 11 is 0. The van der Waals surface area contributed by atoms with Crippen molar-refractivity contribution in [2.75, 3.05) is 14.1 Å². The number of hydrogen-bond acceptors (Lipinski definition) is 2. The molecular formula is C16H21NO2. The maximum absolute atomic E-state index is 10.9. The molecule has 0 radical (unpaired) electrons. The van der Waals surface area contributed by atoms with Crippen molar-refractivity contribution in [3.63, 3.8) is 0 Å². The number of allylic oxidation sites excluding steroid dienone is 2. The Hall–Kier alpha value is -1.61. The van der Waals surface area contributed by atoms with Gasteiger partial charge in [0.15, 0.2) is 0 Å². The minimum atomic E-state index is -0.670. The van der Waals surface area contributed by atoms with Crippen LogP contribution < -0.4 is 0 Å². The first-order chi connectivity index (χ1) is 9.06. The molecule has 0 saturated carbocycles. The molecule has 1 N–H and O–H groups in total. The largest absolute Gasteiger partial charge is 0.481 e. The molecule has 3 nitrogen and oxygen atoms in total. The third kappa shape index (κ3) is 3.67. The van der Waals surface area contributed by atoms with Crippen molar-refractivity contribution in [1.29, 1.82) is 0 Å². The van der Waals surface area contributed by atoms with Crippen molar-refractivity contribution < 1.29 is 9.90 Å². The maximum atomic E-state index is 10.9. The van der Waals surface area contributed by atoms with Crippen molar-refractivity contribution >= 4 is 11.5 Å². The molecule has 1 aliphatic carbocycles. The molecule has 19 heavy (non-hydrogen) atoms. The lowest BCUT2D eigenvalue weighted by Crippen LogP contribution is -2.15. The van der Waals surface area contributed by atoms with Gasteiger partial charge in [0, 0.05) is 6.54 Å². The van der Waals surface area contributed by atoms with Crippen LogP contribution in [0, 0.1) is 5.92 Å². The summed E-state index contributed by atoms with van der Waals surface area (Å²) in [4.78, 5) is 13.1. The van der Waals surface area contributed by atoms with Crippen LogP contribution in [0.25, 0.3) is 5.57 Å². The Bertz CT molecular complexity index is 474. The van der Waals surface area contributed by atoms with E-state index in [9.17, 15) is 4.79 Å². The van der Waals surface area contributed by atoms with Gasteiger partial charge in [0.1, 0.15) is 0 Å². The Kier molecular flexibility index (Phi) is 4.38. The predicted molar refractivity (Wildman–Crippen MR) is 76.8 cm³/mol. The Morgan fingerprint density at radius 2 is 2.00 bits per heavy atom. The summed E-state index contributed by atoms with van der Waals surface area (Å²) in [5.74, 6) is -0.867. The zero-order chi connectivity index (χ0) is 13.8. The second-order valence-corrected chi connectivity index (χ2v) is 5.47.